The molecule has 66 valence electrons. The van der Waals surface area contributed by atoms with Gasteiger partial charge in [0.2, 0.25) is 0 Å². The first-order valence-electron chi connectivity index (χ1n) is 3.75. The van der Waals surface area contributed by atoms with E-state index in [2.05, 4.69) is 15.1 Å². The van der Waals surface area contributed by atoms with E-state index in [4.69, 9.17) is 16.7 Å². The van der Waals surface area contributed by atoms with Gasteiger partial charge in [-0.15, -0.1) is 0 Å². The van der Waals surface area contributed by atoms with Crippen LogP contribution in [0.15, 0.2) is 22.7 Å². The zero-order valence-corrected chi connectivity index (χ0v) is 7.76. The van der Waals surface area contributed by atoms with Crippen molar-refractivity contribution in [3.8, 4) is 11.5 Å². The van der Waals surface area contributed by atoms with Crippen molar-refractivity contribution >= 4 is 12.2 Å². The van der Waals surface area contributed by atoms with Gasteiger partial charge in [-0.3, -0.25) is 0 Å². The number of hydrogen-bond donors (Lipinski definition) is 1. The van der Waals surface area contributed by atoms with E-state index in [1.165, 1.54) is 0 Å². The van der Waals surface area contributed by atoms with Gasteiger partial charge in [0.05, 0.1) is 0 Å². The number of aromatic amines is 1. The number of nitrogens with one attached hydrogen (secondary N) is 1. The highest BCUT2D eigenvalue weighted by Gasteiger charge is 2.02. The molecule has 0 bridgehead atoms. The molecule has 0 fully saturated rings. The smallest absolute Gasteiger partial charge is 0.314 e. The summed E-state index contributed by atoms with van der Waals surface area (Å²) in [5.41, 5.74) is 1.67. The molecule has 0 unspecified atom stereocenters. The van der Waals surface area contributed by atoms with Crippen molar-refractivity contribution in [2.75, 3.05) is 0 Å². The van der Waals surface area contributed by atoms with E-state index < -0.39 is 0 Å². The molecule has 0 saturated heterocycles. The van der Waals surface area contributed by atoms with Crippen molar-refractivity contribution in [3.05, 3.63) is 28.7 Å². The zero-order valence-electron chi connectivity index (χ0n) is 6.94. The first-order valence-corrected chi connectivity index (χ1v) is 4.16. The minimum absolute atomic E-state index is 0.193. The van der Waals surface area contributed by atoms with E-state index in [1.54, 1.807) is 0 Å². The minimum Gasteiger partial charge on any atom is -0.348 e. The summed E-state index contributed by atoms with van der Waals surface area (Å²) in [6.07, 6.45) is 0. The quantitative estimate of drug-likeness (QED) is 0.705. The fourth-order valence-corrected chi connectivity index (χ4v) is 1.15. The Hall–Kier alpha value is -1.49. The number of hydrogen-bond acceptors (Lipinski definition) is 4. The van der Waals surface area contributed by atoms with Gasteiger partial charge in [0.15, 0.2) is 5.82 Å². The standard InChI is InChI=1S/C8H7N3OS/c1-5-3-2-4-6(9-5)7-10-8(13)12-11-7/h2-4H,1H3,(H,10,11,13). The Balaban J connectivity index is 2.52. The molecule has 0 amide bonds. The maximum absolute atomic E-state index is 4.80. The summed E-state index contributed by atoms with van der Waals surface area (Å²) in [7, 11) is 0. The number of nitrogens with zero attached hydrogens (tertiary/aromatic N) is 2. The van der Waals surface area contributed by atoms with Crippen LogP contribution in [0.25, 0.3) is 11.5 Å². The molecule has 2 aromatic heterocycles. The maximum atomic E-state index is 4.80. The molecule has 4 nitrogen and oxygen atoms in total. The fraction of sp³-hybridized carbons (Fsp3) is 0.125. The van der Waals surface area contributed by atoms with Gasteiger partial charge < -0.3 is 4.52 Å². The van der Waals surface area contributed by atoms with Crippen LogP contribution in [0.5, 0.6) is 0 Å². The predicted molar refractivity (Wildman–Crippen MR) is 49.7 cm³/mol. The van der Waals surface area contributed by atoms with Crippen LogP contribution in [-0.2, 0) is 0 Å². The highest BCUT2D eigenvalue weighted by Crippen LogP contribution is 2.11. The SMILES string of the molecule is Cc1cccc(-c2nc(=S)o[nH]2)n1. The summed E-state index contributed by atoms with van der Waals surface area (Å²) in [5.74, 6) is 0.564. The predicted octanol–water partition coefficient (Wildman–Crippen LogP) is 2.10. The summed E-state index contributed by atoms with van der Waals surface area (Å²) < 4.78 is 4.80. The van der Waals surface area contributed by atoms with Crippen LogP contribution < -0.4 is 0 Å². The van der Waals surface area contributed by atoms with Crippen LogP contribution in [0.4, 0.5) is 0 Å². The van der Waals surface area contributed by atoms with Crippen molar-refractivity contribution in [3.63, 3.8) is 0 Å². The van der Waals surface area contributed by atoms with Crippen LogP contribution in [0.2, 0.25) is 0 Å². The fourth-order valence-electron chi connectivity index (χ4n) is 1.01. The van der Waals surface area contributed by atoms with Crippen molar-refractivity contribution in [2.45, 2.75) is 6.92 Å². The first kappa shape index (κ1) is 8.12. The van der Waals surface area contributed by atoms with Crippen molar-refractivity contribution in [2.24, 2.45) is 0 Å². The highest BCUT2D eigenvalue weighted by atomic mass is 32.1. The third-order valence-electron chi connectivity index (χ3n) is 1.57. The molecular weight excluding hydrogens is 186 g/mol. The number of aryl methyl sites for hydroxylation is 1. The largest absolute Gasteiger partial charge is 0.348 e. The van der Waals surface area contributed by atoms with E-state index in [0.717, 1.165) is 11.4 Å². The zero-order chi connectivity index (χ0) is 9.26. The van der Waals surface area contributed by atoms with E-state index in [1.807, 2.05) is 25.1 Å². The highest BCUT2D eigenvalue weighted by molar-refractivity contribution is 7.71. The van der Waals surface area contributed by atoms with Gasteiger partial charge in [0.25, 0.3) is 0 Å². The lowest BCUT2D eigenvalue weighted by Gasteiger charge is -1.94. The minimum atomic E-state index is 0.193. The third kappa shape index (κ3) is 1.65. The van der Waals surface area contributed by atoms with Crippen LogP contribution in [0.3, 0.4) is 0 Å². The summed E-state index contributed by atoms with van der Waals surface area (Å²) in [6, 6.07) is 5.66. The Labute approximate surface area is 79.6 Å². The average molecular weight is 193 g/mol. The molecule has 2 rings (SSSR count). The van der Waals surface area contributed by atoms with E-state index in [0.29, 0.717) is 5.82 Å². The van der Waals surface area contributed by atoms with Crippen LogP contribution in [-0.4, -0.2) is 15.1 Å². The number of H-pyrrole nitrogens is 1. The van der Waals surface area contributed by atoms with E-state index >= 15 is 0 Å². The monoisotopic (exact) mass is 193 g/mol. The Kier molecular flexibility index (Phi) is 1.94. The van der Waals surface area contributed by atoms with Crippen LogP contribution >= 0.6 is 12.2 Å². The first-order chi connectivity index (χ1) is 6.25. The Bertz CT molecular complexity index is 474. The molecule has 2 heterocycles. The number of pyridine rings is 1. The molecule has 0 saturated carbocycles. The van der Waals surface area contributed by atoms with Gasteiger partial charge in [-0.25, -0.2) is 4.98 Å². The molecule has 0 aromatic carbocycles. The lowest BCUT2D eigenvalue weighted by Crippen LogP contribution is -1.87. The van der Waals surface area contributed by atoms with E-state index in [9.17, 15) is 0 Å². The van der Waals surface area contributed by atoms with Gasteiger partial charge in [-0.1, -0.05) is 6.07 Å². The molecule has 1 N–H and O–H groups in total. The second kappa shape index (κ2) is 3.10. The van der Waals surface area contributed by atoms with Crippen molar-refractivity contribution in [1.82, 2.24) is 15.1 Å². The molecule has 2 aromatic rings. The average Bonchev–Trinajstić information content (AvgIpc) is 2.52. The molecule has 13 heavy (non-hydrogen) atoms. The molecule has 0 aliphatic carbocycles. The van der Waals surface area contributed by atoms with Gasteiger partial charge in [-0.05, 0) is 31.3 Å². The summed E-state index contributed by atoms with van der Waals surface area (Å²) >= 11 is 4.73. The van der Waals surface area contributed by atoms with E-state index in [-0.39, 0.29) is 4.84 Å². The molecule has 5 heteroatoms. The third-order valence-corrected chi connectivity index (χ3v) is 1.74. The number of aromatic nitrogens is 3. The molecule has 0 atom stereocenters. The molecule has 0 spiro atoms. The Morgan fingerprint density at radius 2 is 2.23 bits per heavy atom. The Morgan fingerprint density at radius 1 is 1.38 bits per heavy atom. The normalized spacial score (nSPS) is 10.2. The Morgan fingerprint density at radius 3 is 2.85 bits per heavy atom. The second-order valence-electron chi connectivity index (χ2n) is 2.59. The van der Waals surface area contributed by atoms with Crippen molar-refractivity contribution in [1.29, 1.82) is 0 Å². The number of rotatable bonds is 1. The van der Waals surface area contributed by atoms with Gasteiger partial charge in [-0.2, -0.15) is 10.1 Å². The summed E-state index contributed by atoms with van der Waals surface area (Å²) in [6.45, 7) is 1.91. The lowest BCUT2D eigenvalue weighted by molar-refractivity contribution is 0.406. The van der Waals surface area contributed by atoms with Gasteiger partial charge in [0, 0.05) is 5.69 Å². The summed E-state index contributed by atoms with van der Waals surface area (Å²) in [5, 5.41) is 2.60. The molecule has 0 radical (unpaired) electrons. The maximum Gasteiger partial charge on any atom is 0.314 e. The van der Waals surface area contributed by atoms with Crippen LogP contribution in [0.1, 0.15) is 5.69 Å². The second-order valence-corrected chi connectivity index (χ2v) is 2.94. The lowest BCUT2D eigenvalue weighted by atomic mass is 10.3. The topological polar surface area (TPSA) is 54.7 Å². The van der Waals surface area contributed by atoms with Gasteiger partial charge in [0.1, 0.15) is 5.69 Å². The molecule has 0 aliphatic heterocycles. The molecule has 0 aliphatic rings. The van der Waals surface area contributed by atoms with Crippen molar-refractivity contribution < 1.29 is 4.52 Å². The molecular formula is C8H7N3OS. The van der Waals surface area contributed by atoms with Gasteiger partial charge >= 0.3 is 4.84 Å². The summed E-state index contributed by atoms with van der Waals surface area (Å²) in [4.78, 5) is 8.40. The van der Waals surface area contributed by atoms with Crippen LogP contribution in [0, 0.1) is 11.8 Å².